The predicted molar refractivity (Wildman–Crippen MR) is 89.2 cm³/mol. The van der Waals surface area contributed by atoms with E-state index in [1.165, 1.54) is 6.26 Å². The Kier molecular flexibility index (Phi) is 4.34. The summed E-state index contributed by atoms with van der Waals surface area (Å²) in [5, 5.41) is 5.82. The van der Waals surface area contributed by atoms with Gasteiger partial charge in [-0.15, -0.1) is 0 Å². The third-order valence-electron chi connectivity index (χ3n) is 4.25. The molecule has 1 saturated heterocycles. The summed E-state index contributed by atoms with van der Waals surface area (Å²) < 4.78 is 5.24. The molecule has 1 aromatic heterocycles. The van der Waals surface area contributed by atoms with E-state index in [0.29, 0.717) is 12.4 Å². The molecule has 1 aliphatic heterocycles. The van der Waals surface area contributed by atoms with Gasteiger partial charge < -0.3 is 20.0 Å². The number of benzene rings is 1. The van der Waals surface area contributed by atoms with E-state index < -0.39 is 0 Å². The van der Waals surface area contributed by atoms with Crippen molar-refractivity contribution in [2.45, 2.75) is 13.3 Å². The second-order valence-electron chi connectivity index (χ2n) is 6.52. The summed E-state index contributed by atoms with van der Waals surface area (Å²) in [6.07, 6.45) is 4.25. The molecule has 0 aliphatic carbocycles. The molecule has 1 atom stereocenters. The summed E-state index contributed by atoms with van der Waals surface area (Å²) in [6, 6.07) is 7.24. The molecule has 6 nitrogen and oxygen atoms in total. The van der Waals surface area contributed by atoms with Gasteiger partial charge in [0.25, 0.3) is 0 Å². The first kappa shape index (κ1) is 15.6. The van der Waals surface area contributed by atoms with Crippen molar-refractivity contribution in [3.8, 4) is 11.5 Å². The Balaban J connectivity index is 1.52. The van der Waals surface area contributed by atoms with Gasteiger partial charge in [-0.2, -0.15) is 0 Å². The summed E-state index contributed by atoms with van der Waals surface area (Å²) in [4.78, 5) is 18.4. The average Bonchev–Trinajstić information content (AvgIpc) is 3.17. The minimum atomic E-state index is -0.176. The number of rotatable bonds is 4. The maximum atomic E-state index is 12.0. The molecule has 2 heterocycles. The first-order valence-electron chi connectivity index (χ1n) is 7.77. The Morgan fingerprint density at radius 2 is 2.17 bits per heavy atom. The number of aromatic nitrogens is 1. The second-order valence-corrected chi connectivity index (χ2v) is 6.52. The summed E-state index contributed by atoms with van der Waals surface area (Å²) in [6.45, 7) is 4.99. The number of urea groups is 1. The number of amides is 2. The molecule has 23 heavy (non-hydrogen) atoms. The number of hydrogen-bond donors (Lipinski definition) is 2. The smallest absolute Gasteiger partial charge is 0.319 e. The molecule has 2 amide bonds. The van der Waals surface area contributed by atoms with Crippen LogP contribution in [0.25, 0.3) is 11.5 Å². The lowest BCUT2D eigenvalue weighted by Crippen LogP contribution is -2.39. The van der Waals surface area contributed by atoms with E-state index in [4.69, 9.17) is 4.42 Å². The van der Waals surface area contributed by atoms with Crippen LogP contribution in [0.3, 0.4) is 0 Å². The van der Waals surface area contributed by atoms with Gasteiger partial charge in [0.1, 0.15) is 6.26 Å². The summed E-state index contributed by atoms with van der Waals surface area (Å²) in [5.74, 6) is 0.569. The molecule has 3 rings (SSSR count). The Bertz CT molecular complexity index is 654. The number of likely N-dealkylation sites (tertiary alicyclic amines) is 1. The normalized spacial score (nSPS) is 21.3. The largest absolute Gasteiger partial charge is 0.445 e. The number of nitrogens with one attached hydrogen (secondary N) is 2. The number of oxazole rings is 1. The van der Waals surface area contributed by atoms with Crippen LogP contribution in [0, 0.1) is 5.41 Å². The van der Waals surface area contributed by atoms with Crippen molar-refractivity contribution in [3.63, 3.8) is 0 Å². The molecule has 0 bridgehead atoms. The Labute approximate surface area is 135 Å². The van der Waals surface area contributed by atoms with Gasteiger partial charge in [-0.05, 0) is 49.7 Å². The van der Waals surface area contributed by atoms with Gasteiger partial charge in [0, 0.05) is 24.3 Å². The molecule has 0 saturated carbocycles. The van der Waals surface area contributed by atoms with Crippen LogP contribution in [0.15, 0.2) is 41.1 Å². The first-order valence-corrected chi connectivity index (χ1v) is 7.77. The lowest BCUT2D eigenvalue weighted by Gasteiger charge is -2.24. The van der Waals surface area contributed by atoms with Gasteiger partial charge >= 0.3 is 6.03 Å². The minimum Gasteiger partial charge on any atom is -0.445 e. The fraction of sp³-hybridized carbons (Fsp3) is 0.412. The van der Waals surface area contributed by atoms with Gasteiger partial charge in [-0.3, -0.25) is 0 Å². The molecular weight excluding hydrogens is 292 g/mol. The number of hydrogen-bond acceptors (Lipinski definition) is 4. The zero-order valence-corrected chi connectivity index (χ0v) is 13.5. The topological polar surface area (TPSA) is 70.4 Å². The summed E-state index contributed by atoms with van der Waals surface area (Å²) >= 11 is 0. The minimum absolute atomic E-state index is 0.154. The number of anilines is 1. The molecule has 1 aliphatic rings. The zero-order valence-electron chi connectivity index (χ0n) is 13.5. The van der Waals surface area contributed by atoms with E-state index >= 15 is 0 Å². The maximum Gasteiger partial charge on any atom is 0.319 e. The van der Waals surface area contributed by atoms with Gasteiger partial charge in [0.15, 0.2) is 0 Å². The van der Waals surface area contributed by atoms with Crippen LogP contribution >= 0.6 is 0 Å². The Morgan fingerprint density at radius 1 is 1.39 bits per heavy atom. The molecule has 6 heteroatoms. The number of carbonyl (C=O) groups excluding carboxylic acids is 1. The number of nitrogens with zero attached hydrogens (tertiary/aromatic N) is 2. The molecule has 0 spiro atoms. The van der Waals surface area contributed by atoms with Gasteiger partial charge in [-0.1, -0.05) is 6.92 Å². The SMILES string of the molecule is CN1CCC(C)(CNC(=O)Nc2ccc(-c3ncco3)cc2)C1. The third kappa shape index (κ3) is 3.90. The van der Waals surface area contributed by atoms with Crippen molar-refractivity contribution >= 4 is 11.7 Å². The molecule has 2 aromatic rings. The van der Waals surface area contributed by atoms with Crippen LogP contribution in [0.5, 0.6) is 0 Å². The van der Waals surface area contributed by atoms with E-state index in [9.17, 15) is 4.79 Å². The highest BCUT2D eigenvalue weighted by molar-refractivity contribution is 5.89. The van der Waals surface area contributed by atoms with Crippen molar-refractivity contribution in [2.75, 3.05) is 32.0 Å². The molecule has 1 unspecified atom stereocenters. The van der Waals surface area contributed by atoms with Crippen LogP contribution in [0.1, 0.15) is 13.3 Å². The molecule has 0 radical (unpaired) electrons. The summed E-state index contributed by atoms with van der Waals surface area (Å²) in [7, 11) is 2.11. The highest BCUT2D eigenvalue weighted by Crippen LogP contribution is 2.27. The molecular formula is C17H22N4O2. The molecule has 1 fully saturated rings. The van der Waals surface area contributed by atoms with Crippen molar-refractivity contribution in [3.05, 3.63) is 36.7 Å². The van der Waals surface area contributed by atoms with Crippen LogP contribution in [-0.2, 0) is 0 Å². The molecule has 122 valence electrons. The van der Waals surface area contributed by atoms with E-state index in [1.807, 2.05) is 24.3 Å². The van der Waals surface area contributed by atoms with Crippen molar-refractivity contribution < 1.29 is 9.21 Å². The lowest BCUT2D eigenvalue weighted by molar-refractivity contribution is 0.241. The van der Waals surface area contributed by atoms with Gasteiger partial charge in [-0.25, -0.2) is 9.78 Å². The maximum absolute atomic E-state index is 12.0. The fourth-order valence-electron chi connectivity index (χ4n) is 2.95. The Morgan fingerprint density at radius 3 is 2.78 bits per heavy atom. The Hall–Kier alpha value is -2.34. The monoisotopic (exact) mass is 314 g/mol. The predicted octanol–water partition coefficient (Wildman–Crippen LogP) is 2.80. The van der Waals surface area contributed by atoms with E-state index in [0.717, 1.165) is 30.8 Å². The summed E-state index contributed by atoms with van der Waals surface area (Å²) in [5.41, 5.74) is 1.77. The van der Waals surface area contributed by atoms with E-state index in [-0.39, 0.29) is 11.4 Å². The highest BCUT2D eigenvalue weighted by atomic mass is 16.3. The van der Waals surface area contributed by atoms with Crippen LogP contribution in [0.4, 0.5) is 10.5 Å². The van der Waals surface area contributed by atoms with E-state index in [1.54, 1.807) is 6.20 Å². The quantitative estimate of drug-likeness (QED) is 0.910. The van der Waals surface area contributed by atoms with E-state index in [2.05, 4.69) is 34.5 Å². The highest BCUT2D eigenvalue weighted by Gasteiger charge is 2.32. The van der Waals surface area contributed by atoms with Crippen LogP contribution in [0.2, 0.25) is 0 Å². The van der Waals surface area contributed by atoms with Gasteiger partial charge in [0.05, 0.1) is 6.20 Å². The molecule has 2 N–H and O–H groups in total. The van der Waals surface area contributed by atoms with Gasteiger partial charge in [0.2, 0.25) is 5.89 Å². The molecule has 1 aromatic carbocycles. The zero-order chi connectivity index (χ0) is 16.3. The second kappa shape index (κ2) is 6.42. The fourth-order valence-corrected chi connectivity index (χ4v) is 2.95. The van der Waals surface area contributed by atoms with Crippen molar-refractivity contribution in [1.29, 1.82) is 0 Å². The van der Waals surface area contributed by atoms with Crippen molar-refractivity contribution in [2.24, 2.45) is 5.41 Å². The standard InChI is InChI=1S/C17H22N4O2/c1-17(7-9-21(2)12-17)11-19-16(22)20-14-5-3-13(4-6-14)15-18-8-10-23-15/h3-6,8,10H,7,9,11-12H2,1-2H3,(H2,19,20,22). The van der Waals surface area contributed by atoms with Crippen LogP contribution in [-0.4, -0.2) is 42.6 Å². The third-order valence-corrected chi connectivity index (χ3v) is 4.25. The average molecular weight is 314 g/mol. The number of carbonyl (C=O) groups is 1. The van der Waals surface area contributed by atoms with Crippen LogP contribution < -0.4 is 10.6 Å². The lowest BCUT2D eigenvalue weighted by atomic mass is 9.90. The van der Waals surface area contributed by atoms with Crippen molar-refractivity contribution in [1.82, 2.24) is 15.2 Å². The first-order chi connectivity index (χ1) is 11.0.